The molecule has 1 atom stereocenters. The van der Waals surface area contributed by atoms with Gasteiger partial charge in [-0.25, -0.2) is 13.1 Å². The molecule has 0 aliphatic carbocycles. The summed E-state index contributed by atoms with van der Waals surface area (Å²) in [6, 6.07) is 4.82. The van der Waals surface area contributed by atoms with Crippen LogP contribution in [0.1, 0.15) is 18.9 Å². The lowest BCUT2D eigenvalue weighted by Crippen LogP contribution is -2.28. The van der Waals surface area contributed by atoms with Crippen LogP contribution < -0.4 is 11.5 Å². The molecule has 1 unspecified atom stereocenters. The first kappa shape index (κ1) is 13.8. The van der Waals surface area contributed by atoms with E-state index in [0.29, 0.717) is 29.2 Å². The molecule has 1 aliphatic rings. The molecule has 8 nitrogen and oxygen atoms in total. The van der Waals surface area contributed by atoms with E-state index in [1.165, 1.54) is 0 Å². The van der Waals surface area contributed by atoms with Gasteiger partial charge in [-0.2, -0.15) is 0 Å². The van der Waals surface area contributed by atoms with Gasteiger partial charge >= 0.3 is 0 Å². The molecule has 4 N–H and O–H groups in total. The van der Waals surface area contributed by atoms with Gasteiger partial charge in [0, 0.05) is 16.9 Å². The Bertz CT molecular complexity index is 750. The fourth-order valence-electron chi connectivity index (χ4n) is 2.63. The van der Waals surface area contributed by atoms with Crippen LogP contribution in [0.3, 0.4) is 0 Å². The van der Waals surface area contributed by atoms with Crippen molar-refractivity contribution in [1.29, 1.82) is 0 Å². The summed E-state index contributed by atoms with van der Waals surface area (Å²) < 4.78 is 25.1. The van der Waals surface area contributed by atoms with E-state index in [-0.39, 0.29) is 17.5 Å². The minimum absolute atomic E-state index is 0.0584. The Morgan fingerprint density at radius 3 is 2.57 bits per heavy atom. The van der Waals surface area contributed by atoms with Crippen LogP contribution >= 0.6 is 0 Å². The molecule has 1 aliphatic heterocycles. The quantitative estimate of drug-likeness (QED) is 0.761. The van der Waals surface area contributed by atoms with Gasteiger partial charge in [0.05, 0.1) is 17.5 Å². The van der Waals surface area contributed by atoms with Crippen LogP contribution in [0.4, 0.5) is 11.4 Å². The van der Waals surface area contributed by atoms with E-state index in [9.17, 15) is 8.42 Å². The van der Waals surface area contributed by atoms with E-state index in [2.05, 4.69) is 15.5 Å². The number of rotatable bonds is 2. The summed E-state index contributed by atoms with van der Waals surface area (Å²) in [6.07, 6.45) is 1.35. The van der Waals surface area contributed by atoms with Crippen molar-refractivity contribution in [1.82, 2.24) is 20.2 Å². The summed E-state index contributed by atoms with van der Waals surface area (Å²) in [6.45, 7) is 0. The lowest BCUT2D eigenvalue weighted by atomic mass is 10.1. The Balaban J connectivity index is 2.01. The van der Waals surface area contributed by atoms with Crippen LogP contribution in [0.2, 0.25) is 0 Å². The van der Waals surface area contributed by atoms with Crippen molar-refractivity contribution in [3.8, 4) is 11.4 Å². The zero-order valence-corrected chi connectivity index (χ0v) is 12.1. The van der Waals surface area contributed by atoms with Crippen molar-refractivity contribution in [2.45, 2.75) is 18.9 Å². The Morgan fingerprint density at radius 1 is 1.19 bits per heavy atom. The molecule has 1 aromatic heterocycles. The molecule has 2 aromatic rings. The van der Waals surface area contributed by atoms with Gasteiger partial charge in [0.15, 0.2) is 15.7 Å². The van der Waals surface area contributed by atoms with Gasteiger partial charge in [-0.05, 0) is 41.5 Å². The third-order valence-electron chi connectivity index (χ3n) is 3.51. The number of aromatic nitrogens is 4. The highest BCUT2D eigenvalue weighted by Crippen LogP contribution is 2.28. The fourth-order valence-corrected chi connectivity index (χ4v) is 4.29. The zero-order valence-electron chi connectivity index (χ0n) is 11.3. The van der Waals surface area contributed by atoms with Crippen LogP contribution in [0, 0.1) is 0 Å². The van der Waals surface area contributed by atoms with Gasteiger partial charge in [-0.15, -0.1) is 5.10 Å². The Labute approximate surface area is 122 Å². The third-order valence-corrected chi connectivity index (χ3v) is 5.32. The van der Waals surface area contributed by atoms with Crippen LogP contribution in [0.25, 0.3) is 11.4 Å². The first-order valence-corrected chi connectivity index (χ1v) is 8.41. The smallest absolute Gasteiger partial charge is 0.182 e. The second kappa shape index (κ2) is 4.99. The van der Waals surface area contributed by atoms with Gasteiger partial charge in [0.1, 0.15) is 0 Å². The van der Waals surface area contributed by atoms with Gasteiger partial charge in [0.25, 0.3) is 0 Å². The SMILES string of the molecule is Nc1cc(N)cc(-c2nnnn2C2CCCS(=O)(=O)C2)c1. The predicted molar refractivity (Wildman–Crippen MR) is 79.0 cm³/mol. The summed E-state index contributed by atoms with van der Waals surface area (Å²) >= 11 is 0. The maximum atomic E-state index is 11.8. The summed E-state index contributed by atoms with van der Waals surface area (Å²) in [4.78, 5) is 0. The van der Waals surface area contributed by atoms with Crippen molar-refractivity contribution >= 4 is 21.2 Å². The zero-order chi connectivity index (χ0) is 15.0. The lowest BCUT2D eigenvalue weighted by molar-refractivity contribution is 0.429. The highest BCUT2D eigenvalue weighted by Gasteiger charge is 2.29. The van der Waals surface area contributed by atoms with Crippen LogP contribution in [0.15, 0.2) is 18.2 Å². The summed E-state index contributed by atoms with van der Waals surface area (Å²) in [5.74, 6) is 0.769. The van der Waals surface area contributed by atoms with Gasteiger partial charge in [0.2, 0.25) is 0 Å². The molecule has 1 aromatic carbocycles. The fraction of sp³-hybridized carbons (Fsp3) is 0.417. The standard InChI is InChI=1S/C12H16N6O2S/c13-9-4-8(5-10(14)6-9)12-15-16-17-18(12)11-2-1-3-21(19,20)7-11/h4-6,11H,1-3,7,13-14H2. The lowest BCUT2D eigenvalue weighted by Gasteiger charge is -2.22. The van der Waals surface area contributed by atoms with Crippen molar-refractivity contribution < 1.29 is 8.42 Å². The molecule has 21 heavy (non-hydrogen) atoms. The number of hydrogen-bond donors (Lipinski definition) is 2. The van der Waals surface area contributed by atoms with Crippen molar-refractivity contribution in [2.75, 3.05) is 23.0 Å². The Morgan fingerprint density at radius 2 is 1.90 bits per heavy atom. The van der Waals surface area contributed by atoms with Crippen molar-refractivity contribution in [3.05, 3.63) is 18.2 Å². The van der Waals surface area contributed by atoms with E-state index in [1.54, 1.807) is 22.9 Å². The molecule has 2 heterocycles. The second-order valence-electron chi connectivity index (χ2n) is 5.25. The number of tetrazole rings is 1. The molecule has 0 amide bonds. The average Bonchev–Trinajstić information content (AvgIpc) is 2.85. The highest BCUT2D eigenvalue weighted by atomic mass is 32.2. The molecule has 1 fully saturated rings. The Hall–Kier alpha value is -2.16. The van der Waals surface area contributed by atoms with Crippen molar-refractivity contribution in [2.24, 2.45) is 0 Å². The van der Waals surface area contributed by atoms with E-state index in [4.69, 9.17) is 11.5 Å². The molecule has 0 saturated carbocycles. The minimum atomic E-state index is -3.04. The molecule has 3 rings (SSSR count). The number of benzene rings is 1. The van der Waals surface area contributed by atoms with E-state index in [1.807, 2.05) is 0 Å². The average molecular weight is 308 g/mol. The third kappa shape index (κ3) is 2.82. The molecule has 0 radical (unpaired) electrons. The molecular formula is C12H16N6O2S. The monoisotopic (exact) mass is 308 g/mol. The van der Waals surface area contributed by atoms with Gasteiger partial charge in [-0.3, -0.25) is 0 Å². The van der Waals surface area contributed by atoms with Crippen LogP contribution in [-0.4, -0.2) is 40.1 Å². The Kier molecular flexibility index (Phi) is 3.28. The molecule has 0 spiro atoms. The van der Waals surface area contributed by atoms with Crippen molar-refractivity contribution in [3.63, 3.8) is 0 Å². The largest absolute Gasteiger partial charge is 0.399 e. The second-order valence-corrected chi connectivity index (χ2v) is 7.47. The predicted octanol–water partition coefficient (Wildman–Crippen LogP) is 0.254. The number of anilines is 2. The molecule has 9 heteroatoms. The number of nitrogens with zero attached hydrogens (tertiary/aromatic N) is 4. The molecular weight excluding hydrogens is 292 g/mol. The molecule has 112 valence electrons. The summed E-state index contributed by atoms with van der Waals surface area (Å²) in [7, 11) is -3.04. The molecule has 1 saturated heterocycles. The number of nitrogens with two attached hydrogens (primary N) is 2. The first-order chi connectivity index (χ1) is 9.94. The first-order valence-electron chi connectivity index (χ1n) is 6.59. The van der Waals surface area contributed by atoms with E-state index >= 15 is 0 Å². The minimum Gasteiger partial charge on any atom is -0.399 e. The van der Waals surface area contributed by atoms with E-state index in [0.717, 1.165) is 6.42 Å². The van der Waals surface area contributed by atoms with Gasteiger partial charge < -0.3 is 11.5 Å². The van der Waals surface area contributed by atoms with Gasteiger partial charge in [-0.1, -0.05) is 0 Å². The number of hydrogen-bond acceptors (Lipinski definition) is 7. The molecule has 0 bridgehead atoms. The highest BCUT2D eigenvalue weighted by molar-refractivity contribution is 7.91. The normalized spacial score (nSPS) is 21.2. The van der Waals surface area contributed by atoms with Crippen LogP contribution in [0.5, 0.6) is 0 Å². The maximum Gasteiger partial charge on any atom is 0.182 e. The maximum absolute atomic E-state index is 11.8. The summed E-state index contributed by atoms with van der Waals surface area (Å²) in [5, 5.41) is 11.6. The van der Waals surface area contributed by atoms with Crippen LogP contribution in [-0.2, 0) is 9.84 Å². The number of sulfone groups is 1. The topological polar surface area (TPSA) is 130 Å². The summed E-state index contributed by atoms with van der Waals surface area (Å²) in [5.41, 5.74) is 13.3. The van der Waals surface area contributed by atoms with E-state index < -0.39 is 9.84 Å². The number of nitrogen functional groups attached to an aromatic ring is 2.